The van der Waals surface area contributed by atoms with Gasteiger partial charge in [0.2, 0.25) is 59.1 Å². The van der Waals surface area contributed by atoms with Crippen LogP contribution in [0.25, 0.3) is 0 Å². The molecule has 10 amide bonds. The molecular formula is C43H77N13O12S. The lowest BCUT2D eigenvalue weighted by Gasteiger charge is -2.31. The van der Waals surface area contributed by atoms with E-state index in [4.69, 9.17) is 28.7 Å². The third-order valence-corrected chi connectivity index (χ3v) is 11.5. The highest BCUT2D eigenvalue weighted by molar-refractivity contribution is 7.80. The fourth-order valence-corrected chi connectivity index (χ4v) is 7.55. The van der Waals surface area contributed by atoms with E-state index in [0.29, 0.717) is 45.1 Å². The van der Waals surface area contributed by atoms with Gasteiger partial charge in [0.25, 0.3) is 0 Å². The number of nitrogens with two attached hydrogens (primary N) is 5. The summed E-state index contributed by atoms with van der Waals surface area (Å²) >= 11 is 4.27. The molecule has 26 heteroatoms. The van der Waals surface area contributed by atoms with Crippen molar-refractivity contribution in [3.05, 3.63) is 0 Å². The van der Waals surface area contributed by atoms with Gasteiger partial charge in [-0.15, -0.1) is 0 Å². The van der Waals surface area contributed by atoms with Gasteiger partial charge in [-0.25, -0.2) is 4.79 Å². The standard InChI is InChI=1S/C43H77N13O12S/c1-23(2)20-29(53-40(64)31-12-9-19-56(31)42(66)30(22-69)54-36(60)25(46)10-5-7-17-44)39(63)55-35(24(3)4)41(65)51-26(11-6-8-18-45)37(61)49-21-34(59)50-27(13-15-32(47)57)38(62)52-28(43(67)68)14-16-33(48)58/h23-31,35,69H,5-22,44-46H2,1-4H3,(H2,47,57)(H2,48,58)(H,49,61)(H,50,59)(H,51,65)(H,52,62)(H,53,64)(H,54,60)(H,55,63)(H,67,68). The molecule has 1 aliphatic heterocycles. The Balaban J connectivity index is 3.16. The van der Waals surface area contributed by atoms with Gasteiger partial charge in [0.15, 0.2) is 0 Å². The van der Waals surface area contributed by atoms with Crippen molar-refractivity contribution in [2.75, 3.05) is 31.9 Å². The molecule has 69 heavy (non-hydrogen) atoms. The van der Waals surface area contributed by atoms with Crippen LogP contribution in [0.1, 0.15) is 111 Å². The predicted octanol–water partition coefficient (Wildman–Crippen LogP) is -4.16. The maximum atomic E-state index is 14.0. The Kier molecular flexibility index (Phi) is 28.7. The van der Waals surface area contributed by atoms with E-state index in [0.717, 1.165) is 0 Å². The van der Waals surface area contributed by atoms with Gasteiger partial charge >= 0.3 is 5.97 Å². The van der Waals surface area contributed by atoms with Gasteiger partial charge in [-0.2, -0.15) is 12.6 Å². The van der Waals surface area contributed by atoms with Gasteiger partial charge in [0.1, 0.15) is 42.3 Å². The normalized spacial score (nSPS) is 16.4. The van der Waals surface area contributed by atoms with Crippen LogP contribution in [-0.2, 0) is 52.7 Å². The van der Waals surface area contributed by atoms with Crippen molar-refractivity contribution >= 4 is 77.7 Å². The minimum Gasteiger partial charge on any atom is -0.480 e. The summed E-state index contributed by atoms with van der Waals surface area (Å²) in [6, 6.07) is -9.59. The number of unbranched alkanes of at least 4 members (excludes halogenated alkanes) is 2. The highest BCUT2D eigenvalue weighted by Gasteiger charge is 2.40. The molecule has 8 atom stereocenters. The minimum atomic E-state index is -1.56. The molecule has 0 spiro atoms. The Morgan fingerprint density at radius 2 is 1.17 bits per heavy atom. The molecule has 392 valence electrons. The van der Waals surface area contributed by atoms with E-state index in [2.05, 4.69) is 49.8 Å². The molecule has 18 N–H and O–H groups in total. The van der Waals surface area contributed by atoms with Crippen LogP contribution in [0.2, 0.25) is 0 Å². The molecule has 0 aromatic heterocycles. The van der Waals surface area contributed by atoms with E-state index >= 15 is 0 Å². The molecule has 8 unspecified atom stereocenters. The van der Waals surface area contributed by atoms with Crippen molar-refractivity contribution in [1.29, 1.82) is 0 Å². The van der Waals surface area contributed by atoms with Crippen LogP contribution < -0.4 is 65.9 Å². The summed E-state index contributed by atoms with van der Waals surface area (Å²) in [5, 5.41) is 27.2. The lowest BCUT2D eigenvalue weighted by atomic mass is 9.99. The first-order valence-electron chi connectivity index (χ1n) is 23.4. The third kappa shape index (κ3) is 23.0. The number of nitrogens with zero attached hydrogens (tertiary/aromatic N) is 1. The van der Waals surface area contributed by atoms with Crippen molar-refractivity contribution in [3.8, 4) is 0 Å². The van der Waals surface area contributed by atoms with Crippen molar-refractivity contribution in [1.82, 2.24) is 42.1 Å². The Labute approximate surface area is 408 Å². The van der Waals surface area contributed by atoms with E-state index in [-0.39, 0.29) is 69.7 Å². The summed E-state index contributed by atoms with van der Waals surface area (Å²) in [5.74, 6) is -9.75. The number of hydrogen-bond donors (Lipinski definition) is 14. The Bertz CT molecular complexity index is 1770. The van der Waals surface area contributed by atoms with Crippen LogP contribution in [0.5, 0.6) is 0 Å². The highest BCUT2D eigenvalue weighted by atomic mass is 32.1. The molecule has 25 nitrogen and oxygen atoms in total. The SMILES string of the molecule is CC(C)CC(NC(=O)C1CCCN1C(=O)C(CS)NC(=O)C(N)CCCCN)C(=O)NC(C(=O)NC(CCCCN)C(=O)NCC(=O)NC(CCC(N)=O)C(=O)NC(CCC(N)=O)C(=O)O)C(C)C. The number of rotatable bonds is 34. The second kappa shape index (κ2) is 32.3. The lowest BCUT2D eigenvalue weighted by molar-refractivity contribution is -0.142. The number of aliphatic carboxylic acids is 1. The maximum absolute atomic E-state index is 14.0. The first-order valence-corrected chi connectivity index (χ1v) is 24.1. The molecule has 0 bridgehead atoms. The number of carboxylic acids is 1. The topological polar surface area (TPSA) is 426 Å². The monoisotopic (exact) mass is 1000 g/mol. The number of carboxylic acid groups (broad SMARTS) is 1. The molecule has 1 aliphatic rings. The largest absolute Gasteiger partial charge is 0.480 e. The van der Waals surface area contributed by atoms with E-state index in [1.54, 1.807) is 13.8 Å². The number of hydrogen-bond acceptors (Lipinski definition) is 15. The molecule has 0 aromatic rings. The van der Waals surface area contributed by atoms with Crippen LogP contribution in [0, 0.1) is 11.8 Å². The Hall–Kier alpha value is -5.60. The Morgan fingerprint density at radius 1 is 0.638 bits per heavy atom. The van der Waals surface area contributed by atoms with E-state index < -0.39 is 126 Å². The van der Waals surface area contributed by atoms with Crippen LogP contribution in [0.3, 0.4) is 0 Å². The average Bonchev–Trinajstić information content (AvgIpc) is 3.78. The number of amides is 10. The Morgan fingerprint density at radius 3 is 1.71 bits per heavy atom. The molecule has 1 heterocycles. The van der Waals surface area contributed by atoms with Gasteiger partial charge in [-0.05, 0) is 89.1 Å². The fourth-order valence-electron chi connectivity index (χ4n) is 7.30. The van der Waals surface area contributed by atoms with Crippen LogP contribution in [0.4, 0.5) is 0 Å². The van der Waals surface area contributed by atoms with Crippen LogP contribution in [-0.4, -0.2) is 155 Å². The number of primary amides is 2. The first kappa shape index (κ1) is 61.4. The lowest BCUT2D eigenvalue weighted by Crippen LogP contribution is -2.60. The van der Waals surface area contributed by atoms with E-state index in [9.17, 15) is 57.8 Å². The number of carbonyl (C=O) groups is 11. The zero-order valence-electron chi connectivity index (χ0n) is 40.2. The number of carbonyl (C=O) groups excluding carboxylic acids is 10. The summed E-state index contributed by atoms with van der Waals surface area (Å²) in [5.41, 5.74) is 27.5. The number of thiol groups is 1. The second-order valence-electron chi connectivity index (χ2n) is 17.8. The smallest absolute Gasteiger partial charge is 0.326 e. The van der Waals surface area contributed by atoms with Crippen molar-refractivity contribution in [2.24, 2.45) is 40.5 Å². The van der Waals surface area contributed by atoms with Crippen LogP contribution in [0.15, 0.2) is 0 Å². The van der Waals surface area contributed by atoms with Gasteiger partial charge in [0, 0.05) is 25.1 Å². The number of nitrogens with one attached hydrogen (secondary N) is 7. The van der Waals surface area contributed by atoms with Gasteiger partial charge in [0.05, 0.1) is 12.6 Å². The van der Waals surface area contributed by atoms with Gasteiger partial charge in [-0.1, -0.05) is 34.1 Å². The summed E-state index contributed by atoms with van der Waals surface area (Å²) in [6.45, 7) is 7.16. The fraction of sp³-hybridized carbons (Fsp3) is 0.744. The maximum Gasteiger partial charge on any atom is 0.326 e. The molecule has 0 aliphatic carbocycles. The predicted molar refractivity (Wildman–Crippen MR) is 256 cm³/mol. The van der Waals surface area contributed by atoms with E-state index in [1.165, 1.54) is 4.90 Å². The summed E-state index contributed by atoms with van der Waals surface area (Å²) in [7, 11) is 0. The summed E-state index contributed by atoms with van der Waals surface area (Å²) < 4.78 is 0. The number of likely N-dealkylation sites (tertiary alicyclic amines) is 1. The second-order valence-corrected chi connectivity index (χ2v) is 18.2. The van der Waals surface area contributed by atoms with Crippen molar-refractivity contribution in [3.63, 3.8) is 0 Å². The molecule has 0 aromatic carbocycles. The summed E-state index contributed by atoms with van der Waals surface area (Å²) in [4.78, 5) is 144. The summed E-state index contributed by atoms with van der Waals surface area (Å²) in [6.07, 6.45) is 2.02. The molecule has 0 radical (unpaired) electrons. The van der Waals surface area contributed by atoms with Gasteiger partial charge in [-0.3, -0.25) is 47.9 Å². The van der Waals surface area contributed by atoms with Crippen LogP contribution >= 0.6 is 12.6 Å². The van der Waals surface area contributed by atoms with E-state index in [1.807, 2.05) is 13.8 Å². The van der Waals surface area contributed by atoms with Crippen molar-refractivity contribution in [2.45, 2.75) is 160 Å². The van der Waals surface area contributed by atoms with Gasteiger partial charge < -0.3 is 75.9 Å². The molecule has 0 saturated carbocycles. The third-order valence-electron chi connectivity index (χ3n) is 11.2. The molecule has 1 rings (SSSR count). The highest BCUT2D eigenvalue weighted by Crippen LogP contribution is 2.20. The zero-order valence-corrected chi connectivity index (χ0v) is 41.1. The zero-order chi connectivity index (χ0) is 52.4. The van der Waals surface area contributed by atoms with Crippen molar-refractivity contribution < 1.29 is 57.8 Å². The molecule has 1 fully saturated rings. The molecule has 1 saturated heterocycles. The average molecular weight is 1000 g/mol. The minimum absolute atomic E-state index is 0.0582. The quantitative estimate of drug-likeness (QED) is 0.0215. The first-order chi connectivity index (χ1) is 32.5. The molecular weight excluding hydrogens is 923 g/mol.